The summed E-state index contributed by atoms with van der Waals surface area (Å²) in [4.78, 5) is 26.9. The van der Waals surface area contributed by atoms with Crippen LogP contribution in [0.15, 0.2) is 36.4 Å². The van der Waals surface area contributed by atoms with Crippen LogP contribution in [0.4, 0.5) is 0 Å². The molecular formula is C13H13N3O2. The highest BCUT2D eigenvalue weighted by Crippen LogP contribution is 2.11. The van der Waals surface area contributed by atoms with Gasteiger partial charge < -0.3 is 11.1 Å². The van der Waals surface area contributed by atoms with E-state index in [1.807, 2.05) is 30.3 Å². The Hall–Kier alpha value is -2.43. The molecule has 0 saturated carbocycles. The minimum Gasteiger partial charge on any atom is -0.368 e. The number of para-hydroxylation sites is 1. The lowest BCUT2D eigenvalue weighted by Crippen LogP contribution is -2.42. The number of nitrogens with two attached hydrogens (primary N) is 1. The number of hydrogen-bond donors (Lipinski definition) is 2. The highest BCUT2D eigenvalue weighted by molar-refractivity contribution is 5.97. The molecule has 0 fully saturated rings. The van der Waals surface area contributed by atoms with Crippen LogP contribution in [-0.4, -0.2) is 22.8 Å². The van der Waals surface area contributed by atoms with Gasteiger partial charge in [0.2, 0.25) is 5.91 Å². The maximum absolute atomic E-state index is 11.8. The highest BCUT2D eigenvalue weighted by atomic mass is 16.2. The van der Waals surface area contributed by atoms with E-state index >= 15 is 0 Å². The number of primary amides is 1. The zero-order valence-electron chi connectivity index (χ0n) is 9.88. The summed E-state index contributed by atoms with van der Waals surface area (Å²) < 4.78 is 0. The quantitative estimate of drug-likeness (QED) is 0.837. The Morgan fingerprint density at radius 3 is 2.67 bits per heavy atom. The number of nitrogens with one attached hydrogen (secondary N) is 1. The smallest absolute Gasteiger partial charge is 0.270 e. The van der Waals surface area contributed by atoms with Crippen molar-refractivity contribution in [2.75, 3.05) is 0 Å². The number of carbonyl (C=O) groups excluding carboxylic acids is 2. The van der Waals surface area contributed by atoms with Crippen LogP contribution in [0.3, 0.4) is 0 Å². The fourth-order valence-corrected chi connectivity index (χ4v) is 1.53. The van der Waals surface area contributed by atoms with Gasteiger partial charge in [0.15, 0.2) is 0 Å². The van der Waals surface area contributed by atoms with E-state index in [-0.39, 0.29) is 5.69 Å². The van der Waals surface area contributed by atoms with Gasteiger partial charge in [-0.1, -0.05) is 24.3 Å². The van der Waals surface area contributed by atoms with Gasteiger partial charge in [-0.2, -0.15) is 0 Å². The minimum atomic E-state index is -0.717. The van der Waals surface area contributed by atoms with Gasteiger partial charge in [-0.15, -0.1) is 0 Å². The predicted octanol–water partition coefficient (Wildman–Crippen LogP) is 0.838. The molecule has 0 radical (unpaired) electrons. The first-order chi connectivity index (χ1) is 8.58. The summed E-state index contributed by atoms with van der Waals surface area (Å²) in [5.74, 6) is -0.990. The Kier molecular flexibility index (Phi) is 3.23. The third-order valence-electron chi connectivity index (χ3n) is 2.61. The molecule has 1 aromatic heterocycles. The number of fused-ring (bicyclic) bond motifs is 1. The van der Waals surface area contributed by atoms with Crippen LogP contribution in [-0.2, 0) is 4.79 Å². The number of hydrogen-bond acceptors (Lipinski definition) is 3. The molecule has 3 N–H and O–H groups in total. The third-order valence-corrected chi connectivity index (χ3v) is 2.61. The fraction of sp³-hybridized carbons (Fsp3) is 0.154. The van der Waals surface area contributed by atoms with Gasteiger partial charge >= 0.3 is 0 Å². The molecule has 92 valence electrons. The molecule has 2 aromatic rings. The summed E-state index contributed by atoms with van der Waals surface area (Å²) in [5, 5.41) is 3.44. The van der Waals surface area contributed by atoms with Gasteiger partial charge in [0.05, 0.1) is 5.52 Å². The van der Waals surface area contributed by atoms with Gasteiger partial charge in [-0.3, -0.25) is 9.59 Å². The van der Waals surface area contributed by atoms with Crippen LogP contribution in [0.2, 0.25) is 0 Å². The van der Waals surface area contributed by atoms with Crippen molar-refractivity contribution in [1.29, 1.82) is 0 Å². The van der Waals surface area contributed by atoms with Gasteiger partial charge in [0.25, 0.3) is 5.91 Å². The van der Waals surface area contributed by atoms with Crippen LogP contribution >= 0.6 is 0 Å². The summed E-state index contributed by atoms with van der Waals surface area (Å²) in [6.07, 6.45) is 0. The van der Waals surface area contributed by atoms with Gasteiger partial charge in [0, 0.05) is 5.39 Å². The third kappa shape index (κ3) is 2.45. The SMILES string of the molecule is CC(NC(=O)c1ccc2ccccc2n1)C(N)=O. The van der Waals surface area contributed by atoms with Crippen molar-refractivity contribution in [1.82, 2.24) is 10.3 Å². The Balaban J connectivity index is 2.25. The molecule has 1 heterocycles. The molecule has 0 aliphatic heterocycles. The Labute approximate surface area is 104 Å². The molecule has 18 heavy (non-hydrogen) atoms. The Morgan fingerprint density at radius 2 is 1.94 bits per heavy atom. The fourth-order valence-electron chi connectivity index (χ4n) is 1.53. The molecule has 2 rings (SSSR count). The van der Waals surface area contributed by atoms with Crippen LogP contribution in [0.25, 0.3) is 10.9 Å². The average Bonchev–Trinajstić information content (AvgIpc) is 2.37. The molecule has 0 aliphatic rings. The van der Waals surface area contributed by atoms with Crippen molar-refractivity contribution < 1.29 is 9.59 Å². The summed E-state index contributed by atoms with van der Waals surface area (Å²) in [6, 6.07) is 10.2. The molecule has 5 nitrogen and oxygen atoms in total. The highest BCUT2D eigenvalue weighted by Gasteiger charge is 2.14. The monoisotopic (exact) mass is 243 g/mol. The molecule has 0 bridgehead atoms. The predicted molar refractivity (Wildman–Crippen MR) is 67.9 cm³/mol. The number of aromatic nitrogens is 1. The van der Waals surface area contributed by atoms with E-state index in [4.69, 9.17) is 5.73 Å². The first-order valence-electron chi connectivity index (χ1n) is 5.54. The lowest BCUT2D eigenvalue weighted by molar-refractivity contribution is -0.119. The van der Waals surface area contributed by atoms with E-state index < -0.39 is 17.9 Å². The maximum Gasteiger partial charge on any atom is 0.270 e. The van der Waals surface area contributed by atoms with E-state index in [9.17, 15) is 9.59 Å². The van der Waals surface area contributed by atoms with Crippen molar-refractivity contribution in [2.24, 2.45) is 5.73 Å². The topological polar surface area (TPSA) is 85.1 Å². The van der Waals surface area contributed by atoms with Gasteiger partial charge in [-0.05, 0) is 19.1 Å². The molecule has 0 aliphatic carbocycles. The molecule has 1 aromatic carbocycles. The number of rotatable bonds is 3. The zero-order chi connectivity index (χ0) is 13.1. The van der Waals surface area contributed by atoms with Crippen LogP contribution < -0.4 is 11.1 Å². The number of benzene rings is 1. The number of pyridine rings is 1. The second-order valence-corrected chi connectivity index (χ2v) is 3.99. The summed E-state index contributed by atoms with van der Waals surface area (Å²) in [6.45, 7) is 1.53. The molecule has 1 unspecified atom stereocenters. The lowest BCUT2D eigenvalue weighted by Gasteiger charge is -2.09. The number of carbonyl (C=O) groups is 2. The lowest BCUT2D eigenvalue weighted by atomic mass is 10.2. The molecule has 0 saturated heterocycles. The summed E-state index contributed by atoms with van der Waals surface area (Å²) in [5.41, 5.74) is 6.08. The summed E-state index contributed by atoms with van der Waals surface area (Å²) >= 11 is 0. The van der Waals surface area contributed by atoms with E-state index in [1.165, 1.54) is 6.92 Å². The molecule has 1 atom stereocenters. The van der Waals surface area contributed by atoms with E-state index in [2.05, 4.69) is 10.3 Å². The number of amides is 2. The zero-order valence-corrected chi connectivity index (χ0v) is 9.88. The Bertz CT molecular complexity index is 610. The van der Waals surface area contributed by atoms with Gasteiger partial charge in [-0.25, -0.2) is 4.98 Å². The first-order valence-corrected chi connectivity index (χ1v) is 5.54. The van der Waals surface area contributed by atoms with E-state index in [1.54, 1.807) is 6.07 Å². The molecule has 5 heteroatoms. The number of nitrogens with zero attached hydrogens (tertiary/aromatic N) is 1. The van der Waals surface area contributed by atoms with E-state index in [0.717, 1.165) is 10.9 Å². The van der Waals surface area contributed by atoms with Gasteiger partial charge in [0.1, 0.15) is 11.7 Å². The second-order valence-electron chi connectivity index (χ2n) is 3.99. The van der Waals surface area contributed by atoms with Crippen LogP contribution in [0.1, 0.15) is 17.4 Å². The van der Waals surface area contributed by atoms with Crippen molar-refractivity contribution in [3.05, 3.63) is 42.1 Å². The standard InChI is InChI=1S/C13H13N3O2/c1-8(12(14)17)15-13(18)11-7-6-9-4-2-3-5-10(9)16-11/h2-8H,1H3,(H2,14,17)(H,15,18). The first kappa shape index (κ1) is 12.0. The van der Waals surface area contributed by atoms with Crippen LogP contribution in [0, 0.1) is 0 Å². The minimum absolute atomic E-state index is 0.266. The van der Waals surface area contributed by atoms with E-state index in [0.29, 0.717) is 0 Å². The van der Waals surface area contributed by atoms with Crippen molar-refractivity contribution in [3.63, 3.8) is 0 Å². The van der Waals surface area contributed by atoms with Crippen LogP contribution in [0.5, 0.6) is 0 Å². The van der Waals surface area contributed by atoms with Crippen molar-refractivity contribution in [3.8, 4) is 0 Å². The normalized spacial score (nSPS) is 12.1. The largest absolute Gasteiger partial charge is 0.368 e. The maximum atomic E-state index is 11.8. The Morgan fingerprint density at radius 1 is 1.22 bits per heavy atom. The summed E-state index contributed by atoms with van der Waals surface area (Å²) in [7, 11) is 0. The van der Waals surface area contributed by atoms with Crippen molar-refractivity contribution >= 4 is 22.7 Å². The molecule has 2 amide bonds. The second kappa shape index (κ2) is 4.83. The van der Waals surface area contributed by atoms with Crippen molar-refractivity contribution in [2.45, 2.75) is 13.0 Å². The molecular weight excluding hydrogens is 230 g/mol. The average molecular weight is 243 g/mol. The molecule has 0 spiro atoms.